The SMILES string of the molecule is CCOC1CCC2C3CCC4=C(Cl)C(=O)CCC4(C)C3CCC12C. The zero-order chi connectivity index (χ0) is 17.1. The number of rotatable bonds is 2. The lowest BCUT2D eigenvalue weighted by atomic mass is 9.47. The van der Waals surface area contributed by atoms with E-state index in [1.807, 2.05) is 0 Å². The zero-order valence-electron chi connectivity index (χ0n) is 15.4. The molecule has 4 rings (SSSR count). The van der Waals surface area contributed by atoms with Gasteiger partial charge >= 0.3 is 0 Å². The maximum absolute atomic E-state index is 12.1. The third-order valence-electron chi connectivity index (χ3n) is 8.33. The summed E-state index contributed by atoms with van der Waals surface area (Å²) in [5.74, 6) is 2.48. The van der Waals surface area contributed by atoms with E-state index in [1.165, 1.54) is 37.7 Å². The Hall–Kier alpha value is -0.340. The number of allylic oxidation sites excluding steroid dienone is 1. The molecule has 0 aromatic carbocycles. The second kappa shape index (κ2) is 5.84. The van der Waals surface area contributed by atoms with E-state index in [-0.39, 0.29) is 11.2 Å². The van der Waals surface area contributed by atoms with Crippen LogP contribution in [0.3, 0.4) is 0 Å². The molecule has 0 saturated heterocycles. The van der Waals surface area contributed by atoms with Crippen LogP contribution in [0.1, 0.15) is 72.1 Å². The number of carbonyl (C=O) groups excluding carboxylic acids is 1. The van der Waals surface area contributed by atoms with Crippen molar-refractivity contribution in [3.8, 4) is 0 Å². The summed E-state index contributed by atoms with van der Waals surface area (Å²) < 4.78 is 6.14. The Morgan fingerprint density at radius 1 is 1.08 bits per heavy atom. The number of hydrogen-bond acceptors (Lipinski definition) is 2. The highest BCUT2D eigenvalue weighted by Crippen LogP contribution is 2.66. The molecule has 0 N–H and O–H groups in total. The highest BCUT2D eigenvalue weighted by molar-refractivity contribution is 6.43. The van der Waals surface area contributed by atoms with E-state index in [0.717, 1.165) is 31.3 Å². The zero-order valence-corrected chi connectivity index (χ0v) is 16.1. The van der Waals surface area contributed by atoms with Crippen LogP contribution in [-0.4, -0.2) is 18.5 Å². The molecule has 4 aliphatic carbocycles. The molecule has 3 fully saturated rings. The molecule has 3 saturated carbocycles. The Labute approximate surface area is 151 Å². The molecular formula is C21H31ClO2. The van der Waals surface area contributed by atoms with Crippen LogP contribution in [0, 0.1) is 28.6 Å². The van der Waals surface area contributed by atoms with Gasteiger partial charge in [-0.25, -0.2) is 0 Å². The van der Waals surface area contributed by atoms with Crippen LogP contribution in [-0.2, 0) is 9.53 Å². The van der Waals surface area contributed by atoms with Crippen molar-refractivity contribution in [1.29, 1.82) is 0 Å². The molecular weight excluding hydrogens is 320 g/mol. The standard InChI is InChI=1S/C21H31ClO2/c1-4-24-18-8-7-14-13-5-6-16-19(22)17(23)10-12-20(16,2)15(13)9-11-21(14,18)3/h13-15,18H,4-12H2,1-3H3. The van der Waals surface area contributed by atoms with Crippen LogP contribution in [0.25, 0.3) is 0 Å². The summed E-state index contributed by atoms with van der Waals surface area (Å²) in [6.07, 6.45) is 9.47. The number of fused-ring (bicyclic) bond motifs is 5. The molecule has 0 spiro atoms. The summed E-state index contributed by atoms with van der Waals surface area (Å²) in [6, 6.07) is 0. The molecule has 0 radical (unpaired) electrons. The van der Waals surface area contributed by atoms with Crippen LogP contribution < -0.4 is 0 Å². The van der Waals surface area contributed by atoms with Gasteiger partial charge in [0.2, 0.25) is 0 Å². The van der Waals surface area contributed by atoms with Crippen molar-refractivity contribution >= 4 is 17.4 Å². The van der Waals surface area contributed by atoms with E-state index >= 15 is 0 Å². The van der Waals surface area contributed by atoms with Crippen molar-refractivity contribution in [2.24, 2.45) is 28.6 Å². The molecule has 0 heterocycles. The van der Waals surface area contributed by atoms with Gasteiger partial charge in [0.25, 0.3) is 0 Å². The fraction of sp³-hybridized carbons (Fsp3) is 0.857. The third-order valence-corrected chi connectivity index (χ3v) is 8.77. The van der Waals surface area contributed by atoms with Gasteiger partial charge in [-0.05, 0) is 86.0 Å². The van der Waals surface area contributed by atoms with Crippen molar-refractivity contribution in [3.05, 3.63) is 10.6 Å². The third kappa shape index (κ3) is 2.21. The van der Waals surface area contributed by atoms with Crippen molar-refractivity contribution in [3.63, 3.8) is 0 Å². The lowest BCUT2D eigenvalue weighted by Gasteiger charge is -2.58. The highest BCUT2D eigenvalue weighted by Gasteiger charge is 2.59. The fourth-order valence-corrected chi connectivity index (χ4v) is 7.48. The van der Waals surface area contributed by atoms with Gasteiger partial charge in [0.15, 0.2) is 5.78 Å². The minimum Gasteiger partial charge on any atom is -0.378 e. The molecule has 24 heavy (non-hydrogen) atoms. The van der Waals surface area contributed by atoms with Gasteiger partial charge in [-0.2, -0.15) is 0 Å². The molecule has 0 aromatic heterocycles. The topological polar surface area (TPSA) is 26.3 Å². The van der Waals surface area contributed by atoms with E-state index in [2.05, 4.69) is 20.8 Å². The number of hydrogen-bond donors (Lipinski definition) is 0. The summed E-state index contributed by atoms with van der Waals surface area (Å²) >= 11 is 6.47. The molecule has 6 unspecified atom stereocenters. The lowest BCUT2D eigenvalue weighted by molar-refractivity contribution is -0.119. The van der Waals surface area contributed by atoms with Crippen LogP contribution in [0.4, 0.5) is 0 Å². The molecule has 134 valence electrons. The molecule has 6 atom stereocenters. The lowest BCUT2D eigenvalue weighted by Crippen LogP contribution is -2.51. The molecule has 0 amide bonds. The van der Waals surface area contributed by atoms with Crippen molar-refractivity contribution in [2.75, 3.05) is 6.61 Å². The van der Waals surface area contributed by atoms with Gasteiger partial charge in [-0.15, -0.1) is 0 Å². The van der Waals surface area contributed by atoms with E-state index in [9.17, 15) is 4.79 Å². The van der Waals surface area contributed by atoms with E-state index < -0.39 is 0 Å². The second-order valence-corrected chi connectivity index (χ2v) is 9.49. The molecule has 3 heteroatoms. The first kappa shape index (κ1) is 17.1. The minimum absolute atomic E-state index is 0.166. The number of ether oxygens (including phenoxy) is 1. The molecule has 0 aromatic rings. The van der Waals surface area contributed by atoms with Crippen LogP contribution >= 0.6 is 11.6 Å². The predicted molar refractivity (Wildman–Crippen MR) is 96.9 cm³/mol. The van der Waals surface area contributed by atoms with Crippen molar-refractivity contribution < 1.29 is 9.53 Å². The van der Waals surface area contributed by atoms with Crippen molar-refractivity contribution in [2.45, 2.75) is 78.2 Å². The Balaban J connectivity index is 1.66. The second-order valence-electron chi connectivity index (χ2n) is 9.11. The highest BCUT2D eigenvalue weighted by atomic mass is 35.5. The van der Waals surface area contributed by atoms with Crippen LogP contribution in [0.2, 0.25) is 0 Å². The van der Waals surface area contributed by atoms with Gasteiger partial charge in [-0.1, -0.05) is 25.4 Å². The number of carbonyl (C=O) groups is 1. The molecule has 0 bridgehead atoms. The normalized spacial score (nSPS) is 48.1. The van der Waals surface area contributed by atoms with Crippen molar-refractivity contribution in [1.82, 2.24) is 0 Å². The van der Waals surface area contributed by atoms with Crippen LogP contribution in [0.15, 0.2) is 10.6 Å². The van der Waals surface area contributed by atoms with E-state index in [0.29, 0.717) is 28.9 Å². The minimum atomic E-state index is 0.166. The average molecular weight is 351 g/mol. The fourth-order valence-electron chi connectivity index (χ4n) is 7.08. The quantitative estimate of drug-likeness (QED) is 0.658. The number of Topliss-reactive ketones (excluding diaryl/α,β-unsaturated/α-hetero) is 1. The Morgan fingerprint density at radius 2 is 1.88 bits per heavy atom. The number of halogens is 1. The number of ketones is 1. The molecule has 2 nitrogen and oxygen atoms in total. The summed E-state index contributed by atoms with van der Waals surface area (Å²) in [5, 5.41) is 0.592. The summed E-state index contributed by atoms with van der Waals surface area (Å²) in [5.41, 5.74) is 1.83. The largest absolute Gasteiger partial charge is 0.378 e. The first-order valence-corrected chi connectivity index (χ1v) is 10.3. The van der Waals surface area contributed by atoms with Gasteiger partial charge in [0.05, 0.1) is 11.1 Å². The average Bonchev–Trinajstić information content (AvgIpc) is 2.89. The summed E-state index contributed by atoms with van der Waals surface area (Å²) in [6.45, 7) is 7.86. The Kier molecular flexibility index (Phi) is 4.16. The van der Waals surface area contributed by atoms with Gasteiger partial charge in [0, 0.05) is 13.0 Å². The van der Waals surface area contributed by atoms with Gasteiger partial charge < -0.3 is 4.74 Å². The van der Waals surface area contributed by atoms with Crippen LogP contribution in [0.5, 0.6) is 0 Å². The first-order valence-electron chi connectivity index (χ1n) is 9.95. The Morgan fingerprint density at radius 3 is 2.62 bits per heavy atom. The molecule has 0 aliphatic heterocycles. The Bertz CT molecular complexity index is 582. The molecule has 4 aliphatic rings. The van der Waals surface area contributed by atoms with Gasteiger partial charge in [0.1, 0.15) is 0 Å². The monoisotopic (exact) mass is 350 g/mol. The maximum atomic E-state index is 12.1. The predicted octanol–water partition coefficient (Wildman–Crippen LogP) is 5.49. The van der Waals surface area contributed by atoms with E-state index in [4.69, 9.17) is 16.3 Å². The maximum Gasteiger partial charge on any atom is 0.174 e. The van der Waals surface area contributed by atoms with Gasteiger partial charge in [-0.3, -0.25) is 4.79 Å². The smallest absolute Gasteiger partial charge is 0.174 e. The summed E-state index contributed by atoms with van der Waals surface area (Å²) in [7, 11) is 0. The summed E-state index contributed by atoms with van der Waals surface area (Å²) in [4.78, 5) is 12.1. The first-order chi connectivity index (χ1) is 11.4. The van der Waals surface area contributed by atoms with E-state index in [1.54, 1.807) is 0 Å².